The van der Waals surface area contributed by atoms with E-state index < -0.39 is 0 Å². The Morgan fingerprint density at radius 3 is 1.47 bits per heavy atom. The van der Waals surface area contributed by atoms with Gasteiger partial charge in [0.2, 0.25) is 0 Å². The van der Waals surface area contributed by atoms with Crippen LogP contribution in [0, 0.1) is 0 Å². The van der Waals surface area contributed by atoms with Gasteiger partial charge in [0.15, 0.2) is 0 Å². The van der Waals surface area contributed by atoms with E-state index in [0.717, 1.165) is 0 Å². The van der Waals surface area contributed by atoms with Gasteiger partial charge in [0.05, 0.1) is 0 Å². The summed E-state index contributed by atoms with van der Waals surface area (Å²) in [7, 11) is 0.814. The van der Waals surface area contributed by atoms with Gasteiger partial charge in [0.1, 0.15) is 0 Å². The molecule has 2 heteroatoms. The van der Waals surface area contributed by atoms with Crippen LogP contribution < -0.4 is 0 Å². The third-order valence-electron chi connectivity index (χ3n) is 2.92. The van der Waals surface area contributed by atoms with Crippen LogP contribution in [-0.2, 0) is 0 Å². The van der Waals surface area contributed by atoms with Crippen LogP contribution in [0.15, 0.2) is 0 Å². The third-order valence-corrected chi connectivity index (χ3v) is 8.77. The van der Waals surface area contributed by atoms with Crippen molar-refractivity contribution in [2.45, 2.75) is 47.0 Å². The molecule has 0 spiro atoms. The van der Waals surface area contributed by atoms with Gasteiger partial charge >= 0.3 is 0 Å². The molecule has 0 aromatic carbocycles. The molecule has 0 aliphatic rings. The summed E-state index contributed by atoms with van der Waals surface area (Å²) >= 11 is 0. The van der Waals surface area contributed by atoms with Crippen LogP contribution in [0.3, 0.4) is 0 Å². The molecule has 0 bridgehead atoms. The molecule has 92 valence electrons. The van der Waals surface area contributed by atoms with Crippen molar-refractivity contribution < 1.29 is 0 Å². The van der Waals surface area contributed by atoms with E-state index in [1.807, 2.05) is 0 Å². The molecule has 0 atom stereocenters. The molecule has 0 radical (unpaired) electrons. The Kier molecular flexibility index (Phi) is 12.0. The van der Waals surface area contributed by atoms with E-state index in [2.05, 4.69) is 27.7 Å². The van der Waals surface area contributed by atoms with E-state index in [-0.39, 0.29) is 0 Å². The Bertz CT molecular complexity index is 116. The van der Waals surface area contributed by atoms with Crippen molar-refractivity contribution in [1.29, 1.82) is 0 Å². The lowest BCUT2D eigenvalue weighted by Gasteiger charge is -2.18. The maximum Gasteiger partial charge on any atom is -0.0323 e. The standard InChI is InChI=1S/C13H30P2/c1-5-10-15(11-6-2)13-9-12-14(7-3)8-4/h5-13H2,1-4H3. The summed E-state index contributed by atoms with van der Waals surface area (Å²) in [4.78, 5) is 0. The lowest BCUT2D eigenvalue weighted by atomic mass is 10.6. The van der Waals surface area contributed by atoms with Gasteiger partial charge < -0.3 is 0 Å². The van der Waals surface area contributed by atoms with Crippen molar-refractivity contribution in [2.75, 3.05) is 37.0 Å². The van der Waals surface area contributed by atoms with Gasteiger partial charge in [-0.2, -0.15) is 0 Å². The summed E-state index contributed by atoms with van der Waals surface area (Å²) in [6, 6.07) is 0. The molecule has 0 fully saturated rings. The topological polar surface area (TPSA) is 0 Å². The van der Waals surface area contributed by atoms with Gasteiger partial charge in [-0.1, -0.05) is 40.5 Å². The highest BCUT2D eigenvalue weighted by molar-refractivity contribution is 7.58. The summed E-state index contributed by atoms with van der Waals surface area (Å²) in [6.45, 7) is 9.43. The molecule has 0 aromatic rings. The van der Waals surface area contributed by atoms with Crippen molar-refractivity contribution in [3.8, 4) is 0 Å². The highest BCUT2D eigenvalue weighted by Gasteiger charge is 2.07. The lowest BCUT2D eigenvalue weighted by molar-refractivity contribution is 1.02. The van der Waals surface area contributed by atoms with E-state index >= 15 is 0 Å². The summed E-state index contributed by atoms with van der Waals surface area (Å²) in [5.74, 6) is 0. The van der Waals surface area contributed by atoms with Crippen LogP contribution in [0.4, 0.5) is 0 Å². The predicted molar refractivity (Wildman–Crippen MR) is 79.6 cm³/mol. The first kappa shape index (κ1) is 15.9. The van der Waals surface area contributed by atoms with Gasteiger partial charge in [0, 0.05) is 0 Å². The van der Waals surface area contributed by atoms with Crippen LogP contribution in [0.2, 0.25) is 0 Å². The smallest absolute Gasteiger partial charge is 0.0323 e. The summed E-state index contributed by atoms with van der Waals surface area (Å²) in [6.07, 6.45) is 13.4. The molecule has 0 rings (SSSR count). The first-order valence-corrected chi connectivity index (χ1v) is 10.5. The van der Waals surface area contributed by atoms with Gasteiger partial charge in [-0.15, -0.1) is 15.8 Å². The number of hydrogen-bond donors (Lipinski definition) is 0. The molecule has 15 heavy (non-hydrogen) atoms. The zero-order valence-corrected chi connectivity index (χ0v) is 13.0. The fraction of sp³-hybridized carbons (Fsp3) is 1.00. The van der Waals surface area contributed by atoms with E-state index in [1.165, 1.54) is 43.9 Å². The second-order valence-corrected chi connectivity index (χ2v) is 9.96. The molecular weight excluding hydrogens is 218 g/mol. The molecule has 0 aromatic heterocycles. The molecule has 0 N–H and O–H groups in total. The first-order chi connectivity index (χ1) is 7.28. The molecule has 0 unspecified atom stereocenters. The Morgan fingerprint density at radius 2 is 1.07 bits per heavy atom. The number of rotatable bonds is 10. The summed E-state index contributed by atoms with van der Waals surface area (Å²) < 4.78 is 0. The van der Waals surface area contributed by atoms with Crippen LogP contribution in [0.1, 0.15) is 47.0 Å². The molecule has 0 saturated heterocycles. The van der Waals surface area contributed by atoms with Crippen molar-refractivity contribution >= 4 is 15.8 Å². The van der Waals surface area contributed by atoms with Crippen LogP contribution in [0.5, 0.6) is 0 Å². The van der Waals surface area contributed by atoms with Crippen molar-refractivity contribution in [1.82, 2.24) is 0 Å². The van der Waals surface area contributed by atoms with Crippen LogP contribution >= 0.6 is 15.8 Å². The van der Waals surface area contributed by atoms with Crippen molar-refractivity contribution in [3.05, 3.63) is 0 Å². The Hall–Kier alpha value is 0.860. The van der Waals surface area contributed by atoms with E-state index in [4.69, 9.17) is 0 Å². The fourth-order valence-corrected chi connectivity index (χ4v) is 6.50. The predicted octanol–water partition coefficient (Wildman–Crippen LogP) is 5.20. The summed E-state index contributed by atoms with van der Waals surface area (Å²) in [5, 5.41) is 0. The first-order valence-electron chi connectivity index (χ1n) is 6.73. The summed E-state index contributed by atoms with van der Waals surface area (Å²) in [5.41, 5.74) is 0. The van der Waals surface area contributed by atoms with Crippen molar-refractivity contribution in [3.63, 3.8) is 0 Å². The van der Waals surface area contributed by atoms with Gasteiger partial charge in [-0.05, 0) is 43.4 Å². The Labute approximate surface area is 100 Å². The fourth-order valence-electron chi connectivity index (χ4n) is 2.03. The zero-order chi connectivity index (χ0) is 11.5. The molecule has 0 aliphatic carbocycles. The van der Waals surface area contributed by atoms with E-state index in [0.29, 0.717) is 15.8 Å². The van der Waals surface area contributed by atoms with Crippen molar-refractivity contribution in [2.24, 2.45) is 0 Å². The lowest BCUT2D eigenvalue weighted by Crippen LogP contribution is -1.98. The monoisotopic (exact) mass is 248 g/mol. The van der Waals surface area contributed by atoms with Gasteiger partial charge in [-0.25, -0.2) is 0 Å². The Morgan fingerprint density at radius 1 is 0.600 bits per heavy atom. The molecule has 0 aliphatic heterocycles. The second kappa shape index (κ2) is 11.3. The highest BCUT2D eigenvalue weighted by atomic mass is 31.1. The van der Waals surface area contributed by atoms with E-state index in [9.17, 15) is 0 Å². The third kappa shape index (κ3) is 8.65. The maximum absolute atomic E-state index is 2.37. The minimum absolute atomic E-state index is 0.405. The van der Waals surface area contributed by atoms with Gasteiger partial charge in [-0.3, -0.25) is 0 Å². The average molecular weight is 248 g/mol. The maximum atomic E-state index is 2.37. The molecule has 0 saturated carbocycles. The SMILES string of the molecule is CCCP(CCC)CCCP(CC)CC. The van der Waals surface area contributed by atoms with Crippen LogP contribution in [0.25, 0.3) is 0 Å². The van der Waals surface area contributed by atoms with Crippen LogP contribution in [-0.4, -0.2) is 37.0 Å². The molecule has 0 nitrogen and oxygen atoms in total. The second-order valence-electron chi connectivity index (χ2n) is 4.22. The highest BCUT2D eigenvalue weighted by Crippen LogP contribution is 2.41. The molecular formula is C13H30P2. The Balaban J connectivity index is 3.59. The molecule has 0 heterocycles. The number of hydrogen-bond acceptors (Lipinski definition) is 0. The molecule has 0 amide bonds. The zero-order valence-electron chi connectivity index (χ0n) is 11.3. The quantitative estimate of drug-likeness (QED) is 0.466. The minimum atomic E-state index is 0.405. The minimum Gasteiger partial charge on any atom is -0.107 e. The average Bonchev–Trinajstić information content (AvgIpc) is 2.25. The van der Waals surface area contributed by atoms with Gasteiger partial charge in [0.25, 0.3) is 0 Å². The normalized spacial score (nSPS) is 11.6. The largest absolute Gasteiger partial charge is 0.107 e. The van der Waals surface area contributed by atoms with E-state index in [1.54, 1.807) is 12.3 Å².